The number of ether oxygens (including phenoxy) is 1. The first kappa shape index (κ1) is 17.5. The summed E-state index contributed by atoms with van der Waals surface area (Å²) in [5.74, 6) is 0.886. The van der Waals surface area contributed by atoms with Gasteiger partial charge in [-0.1, -0.05) is 6.92 Å². The maximum Gasteiger partial charge on any atom is 0.255 e. The summed E-state index contributed by atoms with van der Waals surface area (Å²) in [4.78, 5) is 21.7. The first-order valence-electron chi connectivity index (χ1n) is 9.32. The van der Waals surface area contributed by atoms with Gasteiger partial charge in [-0.3, -0.25) is 4.79 Å². The molecule has 27 heavy (non-hydrogen) atoms. The van der Waals surface area contributed by atoms with E-state index in [0.717, 1.165) is 55.2 Å². The van der Waals surface area contributed by atoms with Crippen molar-refractivity contribution in [2.45, 2.75) is 6.92 Å². The minimum atomic E-state index is 0.0670. The second-order valence-corrected chi connectivity index (χ2v) is 6.75. The largest absolute Gasteiger partial charge is 0.497 e. The molecule has 3 heterocycles. The van der Waals surface area contributed by atoms with E-state index in [0.29, 0.717) is 5.56 Å². The van der Waals surface area contributed by atoms with Crippen molar-refractivity contribution in [1.82, 2.24) is 19.4 Å². The lowest BCUT2D eigenvalue weighted by atomic mass is 10.2. The molecule has 1 fully saturated rings. The Morgan fingerprint density at radius 2 is 1.85 bits per heavy atom. The van der Waals surface area contributed by atoms with Crippen molar-refractivity contribution in [1.29, 1.82) is 0 Å². The van der Waals surface area contributed by atoms with Crippen LogP contribution in [0.1, 0.15) is 17.3 Å². The molecule has 3 aromatic rings. The van der Waals surface area contributed by atoms with E-state index in [1.165, 1.54) is 0 Å². The summed E-state index contributed by atoms with van der Waals surface area (Å²) < 4.78 is 7.23. The van der Waals surface area contributed by atoms with Crippen molar-refractivity contribution >= 4 is 16.9 Å². The summed E-state index contributed by atoms with van der Waals surface area (Å²) >= 11 is 0. The average molecular weight is 364 g/mol. The van der Waals surface area contributed by atoms with E-state index in [4.69, 9.17) is 4.74 Å². The van der Waals surface area contributed by atoms with Crippen LogP contribution in [0.2, 0.25) is 0 Å². The van der Waals surface area contributed by atoms with Crippen molar-refractivity contribution in [3.8, 4) is 11.4 Å². The van der Waals surface area contributed by atoms with Crippen molar-refractivity contribution in [3.63, 3.8) is 0 Å². The molecule has 4 rings (SSSR count). The van der Waals surface area contributed by atoms with Gasteiger partial charge in [0.1, 0.15) is 11.4 Å². The molecule has 0 bridgehead atoms. The first-order valence-corrected chi connectivity index (χ1v) is 9.32. The summed E-state index contributed by atoms with van der Waals surface area (Å²) in [6, 6.07) is 11.8. The number of methoxy groups -OCH3 is 1. The van der Waals surface area contributed by atoms with Crippen LogP contribution >= 0.6 is 0 Å². The molecule has 6 nitrogen and oxygen atoms in total. The Bertz CT molecular complexity index is 940. The molecule has 0 saturated carbocycles. The Kier molecular flexibility index (Phi) is 4.81. The van der Waals surface area contributed by atoms with Crippen LogP contribution in [0.3, 0.4) is 0 Å². The van der Waals surface area contributed by atoms with Gasteiger partial charge in [0.15, 0.2) is 0 Å². The number of likely N-dealkylation sites (N-methyl/N-ethyl adjacent to an activating group) is 1. The lowest BCUT2D eigenvalue weighted by molar-refractivity contribution is 0.0643. The lowest BCUT2D eigenvalue weighted by Gasteiger charge is -2.34. The molecule has 0 unspecified atom stereocenters. The van der Waals surface area contributed by atoms with Crippen molar-refractivity contribution in [2.24, 2.45) is 0 Å². The highest BCUT2D eigenvalue weighted by molar-refractivity contribution is 5.97. The van der Waals surface area contributed by atoms with E-state index in [1.54, 1.807) is 13.3 Å². The fraction of sp³-hybridized carbons (Fsp3) is 0.333. The number of carbonyl (C=O) groups is 1. The molecule has 2 aromatic heterocycles. The Hall–Kier alpha value is -2.86. The van der Waals surface area contributed by atoms with Crippen LogP contribution in [0, 0.1) is 0 Å². The Labute approximate surface area is 159 Å². The molecular formula is C21H24N4O2. The van der Waals surface area contributed by atoms with E-state index in [-0.39, 0.29) is 5.91 Å². The lowest BCUT2D eigenvalue weighted by Crippen LogP contribution is -2.48. The minimum absolute atomic E-state index is 0.0670. The van der Waals surface area contributed by atoms with Crippen LogP contribution in [0.25, 0.3) is 16.7 Å². The standard InChI is InChI=1S/C21H24N4O2/c1-3-23-10-12-24(13-11-23)21(26)17-14-16-8-9-25(20(16)22-15-17)18-4-6-19(27-2)7-5-18/h4-9,14-15H,3,10-13H2,1-2H3. The number of hydrogen-bond donors (Lipinski definition) is 0. The van der Waals surface area contributed by atoms with E-state index in [9.17, 15) is 4.79 Å². The zero-order valence-electron chi connectivity index (χ0n) is 15.8. The number of benzene rings is 1. The van der Waals surface area contributed by atoms with Crippen LogP contribution < -0.4 is 4.74 Å². The van der Waals surface area contributed by atoms with Crippen molar-refractivity contribution in [3.05, 3.63) is 54.4 Å². The number of amides is 1. The molecule has 0 atom stereocenters. The van der Waals surface area contributed by atoms with Crippen LogP contribution in [0.15, 0.2) is 48.8 Å². The molecular weight excluding hydrogens is 340 g/mol. The molecule has 1 saturated heterocycles. The van der Waals surface area contributed by atoms with E-state index in [1.807, 2.05) is 52.1 Å². The topological polar surface area (TPSA) is 50.6 Å². The molecule has 0 N–H and O–H groups in total. The van der Waals surface area contributed by atoms with Gasteiger partial charge in [0, 0.05) is 49.6 Å². The predicted octanol–water partition coefficient (Wildman–Crippen LogP) is 2.81. The highest BCUT2D eigenvalue weighted by Gasteiger charge is 2.22. The van der Waals surface area contributed by atoms with Gasteiger partial charge < -0.3 is 19.1 Å². The fourth-order valence-electron chi connectivity index (χ4n) is 3.54. The number of hydrogen-bond acceptors (Lipinski definition) is 4. The third-order valence-electron chi connectivity index (χ3n) is 5.23. The summed E-state index contributed by atoms with van der Waals surface area (Å²) in [5, 5.41) is 0.962. The summed E-state index contributed by atoms with van der Waals surface area (Å²) in [5.41, 5.74) is 2.50. The summed E-state index contributed by atoms with van der Waals surface area (Å²) in [7, 11) is 1.66. The monoisotopic (exact) mass is 364 g/mol. The quantitative estimate of drug-likeness (QED) is 0.714. The first-order chi connectivity index (χ1) is 13.2. The van der Waals surface area contributed by atoms with Crippen molar-refractivity contribution < 1.29 is 9.53 Å². The highest BCUT2D eigenvalue weighted by Crippen LogP contribution is 2.22. The van der Waals surface area contributed by atoms with Crippen LogP contribution in [-0.2, 0) is 0 Å². The molecule has 140 valence electrons. The zero-order chi connectivity index (χ0) is 18.8. The average Bonchev–Trinajstić information content (AvgIpc) is 3.16. The molecule has 1 aliphatic heterocycles. The number of pyridine rings is 1. The van der Waals surface area contributed by atoms with Crippen LogP contribution in [0.4, 0.5) is 0 Å². The SMILES string of the molecule is CCN1CCN(C(=O)c2cnc3c(ccn3-c3ccc(OC)cc3)c2)CC1. The van der Waals surface area contributed by atoms with Gasteiger partial charge >= 0.3 is 0 Å². The number of piperazine rings is 1. The van der Waals surface area contributed by atoms with E-state index >= 15 is 0 Å². The van der Waals surface area contributed by atoms with Gasteiger partial charge in [-0.15, -0.1) is 0 Å². The smallest absolute Gasteiger partial charge is 0.255 e. The molecule has 1 amide bonds. The molecule has 6 heteroatoms. The zero-order valence-corrected chi connectivity index (χ0v) is 15.8. The Morgan fingerprint density at radius 3 is 2.52 bits per heavy atom. The number of rotatable bonds is 4. The maximum atomic E-state index is 12.8. The summed E-state index contributed by atoms with van der Waals surface area (Å²) in [6.07, 6.45) is 3.67. The molecule has 0 radical (unpaired) electrons. The minimum Gasteiger partial charge on any atom is -0.497 e. The van der Waals surface area contributed by atoms with Crippen molar-refractivity contribution in [2.75, 3.05) is 39.8 Å². The number of fused-ring (bicyclic) bond motifs is 1. The Morgan fingerprint density at radius 1 is 1.11 bits per heavy atom. The third-order valence-corrected chi connectivity index (χ3v) is 5.23. The molecule has 1 aromatic carbocycles. The number of carbonyl (C=O) groups excluding carboxylic acids is 1. The van der Waals surface area contributed by atoms with Gasteiger partial charge in [0.05, 0.1) is 12.7 Å². The van der Waals surface area contributed by atoms with E-state index in [2.05, 4.69) is 16.8 Å². The molecule has 1 aliphatic rings. The second-order valence-electron chi connectivity index (χ2n) is 6.75. The number of aromatic nitrogens is 2. The van der Waals surface area contributed by atoms with Gasteiger partial charge in [-0.25, -0.2) is 4.98 Å². The molecule has 0 spiro atoms. The number of nitrogens with zero attached hydrogens (tertiary/aromatic N) is 4. The summed E-state index contributed by atoms with van der Waals surface area (Å²) in [6.45, 7) is 6.61. The highest BCUT2D eigenvalue weighted by atomic mass is 16.5. The van der Waals surface area contributed by atoms with Gasteiger partial charge in [0.2, 0.25) is 0 Å². The Balaban J connectivity index is 1.57. The molecule has 0 aliphatic carbocycles. The second kappa shape index (κ2) is 7.40. The van der Waals surface area contributed by atoms with Gasteiger partial charge in [0.25, 0.3) is 5.91 Å². The van der Waals surface area contributed by atoms with Crippen LogP contribution in [-0.4, -0.2) is 65.1 Å². The van der Waals surface area contributed by atoms with Gasteiger partial charge in [-0.05, 0) is 42.9 Å². The van der Waals surface area contributed by atoms with E-state index < -0.39 is 0 Å². The van der Waals surface area contributed by atoms with Crippen LogP contribution in [0.5, 0.6) is 5.75 Å². The maximum absolute atomic E-state index is 12.8. The predicted molar refractivity (Wildman–Crippen MR) is 106 cm³/mol. The fourth-order valence-corrected chi connectivity index (χ4v) is 3.54. The third kappa shape index (κ3) is 3.40. The normalized spacial score (nSPS) is 15.3. The van der Waals surface area contributed by atoms with Gasteiger partial charge in [-0.2, -0.15) is 0 Å².